The van der Waals surface area contributed by atoms with Crippen molar-refractivity contribution in [1.29, 1.82) is 0 Å². The van der Waals surface area contributed by atoms with Crippen molar-refractivity contribution in [3.05, 3.63) is 36.2 Å². The molecule has 0 atom stereocenters. The lowest BCUT2D eigenvalue weighted by molar-refractivity contribution is 0.0563. The van der Waals surface area contributed by atoms with Gasteiger partial charge in [-0.3, -0.25) is 4.90 Å². The molecule has 154 valence electrons. The molecule has 0 N–H and O–H groups in total. The van der Waals surface area contributed by atoms with E-state index in [1.165, 1.54) is 4.31 Å². The Bertz CT molecular complexity index is 912. The second kappa shape index (κ2) is 8.41. The van der Waals surface area contributed by atoms with Crippen molar-refractivity contribution < 1.29 is 26.7 Å². The fraction of sp³-hybridized carbons (Fsp3) is 0.471. The standard InChI is InChI=1S/C17H22F2N4O4S/c1-26-14-4-3-13(16(9-14)27-2)11-21-5-7-22(8-6-21)28(24,25)15-10-20-23(12-15)17(18)19/h3-4,9-10,12,17H,5-8,11H2,1-2H3. The summed E-state index contributed by atoms with van der Waals surface area (Å²) >= 11 is 0. The molecule has 3 rings (SSSR count). The summed E-state index contributed by atoms with van der Waals surface area (Å²) in [5, 5.41) is 3.41. The third-order valence-electron chi connectivity index (χ3n) is 4.64. The van der Waals surface area contributed by atoms with Gasteiger partial charge in [-0.15, -0.1) is 0 Å². The first-order valence-electron chi connectivity index (χ1n) is 8.61. The average Bonchev–Trinajstić information content (AvgIpc) is 3.20. The number of hydrogen-bond donors (Lipinski definition) is 0. The Kier molecular flexibility index (Phi) is 6.16. The Balaban J connectivity index is 1.64. The maximum absolute atomic E-state index is 12.6. The molecule has 1 aromatic heterocycles. The maximum atomic E-state index is 12.6. The van der Waals surface area contributed by atoms with Gasteiger partial charge in [-0.2, -0.15) is 18.2 Å². The molecule has 0 aliphatic carbocycles. The summed E-state index contributed by atoms with van der Waals surface area (Å²) in [4.78, 5) is 1.89. The number of alkyl halides is 2. The van der Waals surface area contributed by atoms with E-state index < -0.39 is 16.6 Å². The third kappa shape index (κ3) is 4.26. The van der Waals surface area contributed by atoms with Crippen molar-refractivity contribution in [3.8, 4) is 11.5 Å². The molecule has 1 aliphatic heterocycles. The third-order valence-corrected chi connectivity index (χ3v) is 6.49. The van der Waals surface area contributed by atoms with E-state index in [-0.39, 0.29) is 18.0 Å². The topological polar surface area (TPSA) is 76.9 Å². The summed E-state index contributed by atoms with van der Waals surface area (Å²) < 4.78 is 62.8. The summed E-state index contributed by atoms with van der Waals surface area (Å²) in [7, 11) is -0.676. The van der Waals surface area contributed by atoms with Crippen LogP contribution in [-0.4, -0.2) is 67.8 Å². The van der Waals surface area contributed by atoms with Gasteiger partial charge in [-0.05, 0) is 6.07 Å². The highest BCUT2D eigenvalue weighted by Gasteiger charge is 2.30. The van der Waals surface area contributed by atoms with Crippen LogP contribution in [0.1, 0.15) is 12.1 Å². The zero-order valence-corrected chi connectivity index (χ0v) is 16.4. The minimum atomic E-state index is -3.84. The molecule has 2 heterocycles. The fourth-order valence-electron chi connectivity index (χ4n) is 3.06. The van der Waals surface area contributed by atoms with Crippen molar-refractivity contribution in [2.75, 3.05) is 40.4 Å². The molecule has 0 unspecified atom stereocenters. The van der Waals surface area contributed by atoms with Gasteiger partial charge in [0.2, 0.25) is 10.0 Å². The van der Waals surface area contributed by atoms with Crippen LogP contribution >= 0.6 is 0 Å². The fourth-order valence-corrected chi connectivity index (χ4v) is 4.42. The predicted octanol–water partition coefficient (Wildman–Crippen LogP) is 1.80. The number of piperazine rings is 1. The number of sulfonamides is 1. The molecule has 8 nitrogen and oxygen atoms in total. The lowest BCUT2D eigenvalue weighted by atomic mass is 10.1. The molecule has 0 bridgehead atoms. The van der Waals surface area contributed by atoms with E-state index in [4.69, 9.17) is 9.47 Å². The molecular formula is C17H22F2N4O4S. The van der Waals surface area contributed by atoms with Crippen LogP contribution in [0.2, 0.25) is 0 Å². The molecule has 0 amide bonds. The molecule has 1 saturated heterocycles. The minimum absolute atomic E-state index is 0.224. The number of methoxy groups -OCH3 is 2. The van der Waals surface area contributed by atoms with Crippen LogP contribution in [-0.2, 0) is 16.6 Å². The molecule has 1 fully saturated rings. The average molecular weight is 416 g/mol. The summed E-state index contributed by atoms with van der Waals surface area (Å²) in [6, 6.07) is 5.56. The SMILES string of the molecule is COc1ccc(CN2CCN(S(=O)(=O)c3cnn(C(F)F)c3)CC2)c(OC)c1. The van der Waals surface area contributed by atoms with Crippen LogP contribution in [0.5, 0.6) is 11.5 Å². The summed E-state index contributed by atoms with van der Waals surface area (Å²) in [6.45, 7) is -0.721. The van der Waals surface area contributed by atoms with Gasteiger partial charge >= 0.3 is 6.55 Å². The molecule has 1 aromatic carbocycles. The van der Waals surface area contributed by atoms with Crippen LogP contribution in [0.15, 0.2) is 35.5 Å². The number of halogens is 2. The van der Waals surface area contributed by atoms with Crippen molar-refractivity contribution in [1.82, 2.24) is 19.0 Å². The molecule has 11 heteroatoms. The van der Waals surface area contributed by atoms with E-state index in [2.05, 4.69) is 10.00 Å². The number of ether oxygens (including phenoxy) is 2. The smallest absolute Gasteiger partial charge is 0.333 e. The van der Waals surface area contributed by atoms with Crippen molar-refractivity contribution in [3.63, 3.8) is 0 Å². The van der Waals surface area contributed by atoms with Gasteiger partial charge < -0.3 is 9.47 Å². The van der Waals surface area contributed by atoms with Gasteiger partial charge in [0, 0.05) is 44.4 Å². The maximum Gasteiger partial charge on any atom is 0.333 e. The molecule has 0 saturated carbocycles. The van der Waals surface area contributed by atoms with Crippen LogP contribution in [0, 0.1) is 0 Å². The molecule has 2 aromatic rings. The predicted molar refractivity (Wildman–Crippen MR) is 97.1 cm³/mol. The minimum Gasteiger partial charge on any atom is -0.497 e. The van der Waals surface area contributed by atoms with Crippen molar-refractivity contribution >= 4 is 10.0 Å². The normalized spacial score (nSPS) is 16.5. The Morgan fingerprint density at radius 2 is 1.86 bits per heavy atom. The summed E-state index contributed by atoms with van der Waals surface area (Å²) in [6.07, 6.45) is 1.81. The van der Waals surface area contributed by atoms with Crippen LogP contribution in [0.25, 0.3) is 0 Å². The van der Waals surface area contributed by atoms with E-state index in [0.29, 0.717) is 35.8 Å². The second-order valence-electron chi connectivity index (χ2n) is 6.29. The Labute approximate surface area is 162 Å². The van der Waals surface area contributed by atoms with Gasteiger partial charge in [0.1, 0.15) is 16.4 Å². The molecule has 0 radical (unpaired) electrons. The van der Waals surface area contributed by atoms with Gasteiger partial charge in [0.15, 0.2) is 0 Å². The van der Waals surface area contributed by atoms with Crippen LogP contribution < -0.4 is 9.47 Å². The largest absolute Gasteiger partial charge is 0.497 e. The number of aromatic nitrogens is 2. The number of rotatable bonds is 7. The van der Waals surface area contributed by atoms with Crippen LogP contribution in [0.4, 0.5) is 8.78 Å². The lowest BCUT2D eigenvalue weighted by Gasteiger charge is -2.33. The number of hydrogen-bond acceptors (Lipinski definition) is 6. The molecule has 0 spiro atoms. The first kappa shape index (κ1) is 20.5. The van der Waals surface area contributed by atoms with E-state index in [1.807, 2.05) is 12.1 Å². The second-order valence-corrected chi connectivity index (χ2v) is 8.23. The lowest BCUT2D eigenvalue weighted by Crippen LogP contribution is -2.48. The van der Waals surface area contributed by atoms with Gasteiger partial charge in [0.25, 0.3) is 0 Å². The first-order chi connectivity index (χ1) is 13.3. The van der Waals surface area contributed by atoms with E-state index >= 15 is 0 Å². The van der Waals surface area contributed by atoms with Gasteiger partial charge in [-0.25, -0.2) is 13.1 Å². The summed E-state index contributed by atoms with van der Waals surface area (Å²) in [5.41, 5.74) is 0.970. The highest BCUT2D eigenvalue weighted by molar-refractivity contribution is 7.89. The molecular weight excluding hydrogens is 394 g/mol. The van der Waals surface area contributed by atoms with Gasteiger partial charge in [0.05, 0.1) is 26.6 Å². The van der Waals surface area contributed by atoms with Crippen molar-refractivity contribution in [2.45, 2.75) is 18.0 Å². The Morgan fingerprint density at radius 3 is 2.43 bits per heavy atom. The van der Waals surface area contributed by atoms with Gasteiger partial charge in [-0.1, -0.05) is 6.07 Å². The number of benzene rings is 1. The zero-order valence-electron chi connectivity index (χ0n) is 15.6. The quantitative estimate of drug-likeness (QED) is 0.685. The van der Waals surface area contributed by atoms with E-state index in [9.17, 15) is 17.2 Å². The summed E-state index contributed by atoms with van der Waals surface area (Å²) in [5.74, 6) is 1.40. The number of nitrogens with zero attached hydrogens (tertiary/aromatic N) is 4. The zero-order chi connectivity index (χ0) is 20.3. The van der Waals surface area contributed by atoms with E-state index in [0.717, 1.165) is 18.0 Å². The van der Waals surface area contributed by atoms with E-state index in [1.54, 1.807) is 20.3 Å². The monoisotopic (exact) mass is 416 g/mol. The highest BCUT2D eigenvalue weighted by atomic mass is 32.2. The molecule has 28 heavy (non-hydrogen) atoms. The highest BCUT2D eigenvalue weighted by Crippen LogP contribution is 2.26. The Hall–Kier alpha value is -2.24. The first-order valence-corrected chi connectivity index (χ1v) is 10.0. The van der Waals surface area contributed by atoms with Crippen LogP contribution in [0.3, 0.4) is 0 Å². The van der Waals surface area contributed by atoms with Crippen molar-refractivity contribution in [2.24, 2.45) is 0 Å². The Morgan fingerprint density at radius 1 is 1.14 bits per heavy atom. The molecule has 1 aliphatic rings.